The summed E-state index contributed by atoms with van der Waals surface area (Å²) in [6.07, 6.45) is 0.945. The second kappa shape index (κ2) is 3.18. The minimum Gasteiger partial charge on any atom is -0.348 e. The predicted molar refractivity (Wildman–Crippen MR) is 53.0 cm³/mol. The first-order valence-electron chi connectivity index (χ1n) is 3.88. The lowest BCUT2D eigenvalue weighted by atomic mass is 10.0. The Morgan fingerprint density at radius 3 is 2.18 bits per heavy atom. The first-order chi connectivity index (χ1) is 4.91. The van der Waals surface area contributed by atoms with Crippen molar-refractivity contribution < 1.29 is 9.47 Å². The van der Waals surface area contributed by atoms with Gasteiger partial charge in [-0.25, -0.2) is 0 Å². The van der Waals surface area contributed by atoms with Gasteiger partial charge in [0.15, 0.2) is 5.79 Å². The van der Waals surface area contributed by atoms with Gasteiger partial charge in [0.25, 0.3) is 0 Å². The molecule has 0 radical (unpaired) electrons. The maximum Gasteiger partial charge on any atom is 0.166 e. The summed E-state index contributed by atoms with van der Waals surface area (Å²) in [6, 6.07) is 0. The molecule has 1 heterocycles. The van der Waals surface area contributed by atoms with Gasteiger partial charge in [0.05, 0.1) is 13.2 Å². The molecule has 1 fully saturated rings. The van der Waals surface area contributed by atoms with E-state index in [-0.39, 0.29) is 9.21 Å². The molecular formula is C8H15IO2. The van der Waals surface area contributed by atoms with Gasteiger partial charge in [-0.2, -0.15) is 0 Å². The van der Waals surface area contributed by atoms with Crippen LogP contribution in [0.15, 0.2) is 0 Å². The fourth-order valence-corrected chi connectivity index (χ4v) is 2.12. The van der Waals surface area contributed by atoms with Gasteiger partial charge >= 0.3 is 0 Å². The zero-order valence-electron chi connectivity index (χ0n) is 7.32. The minimum atomic E-state index is -0.329. The predicted octanol–water partition coefficient (Wildman–Crippen LogP) is 2.35. The average molecular weight is 270 g/mol. The molecule has 0 amide bonds. The number of rotatable bonds is 2. The van der Waals surface area contributed by atoms with Gasteiger partial charge in [0, 0.05) is 9.84 Å². The largest absolute Gasteiger partial charge is 0.348 e. The molecule has 0 aromatic carbocycles. The summed E-state index contributed by atoms with van der Waals surface area (Å²) < 4.78 is 11.2. The Hall–Kier alpha value is 0.650. The Labute approximate surface area is 81.8 Å². The van der Waals surface area contributed by atoms with Crippen LogP contribution in [0.2, 0.25) is 0 Å². The molecule has 0 bridgehead atoms. The van der Waals surface area contributed by atoms with E-state index < -0.39 is 0 Å². The lowest BCUT2D eigenvalue weighted by molar-refractivity contribution is -0.149. The monoisotopic (exact) mass is 270 g/mol. The second-order valence-electron chi connectivity index (χ2n) is 3.73. The minimum absolute atomic E-state index is 0.247. The second-order valence-corrected chi connectivity index (χ2v) is 6.65. The molecule has 66 valence electrons. The van der Waals surface area contributed by atoms with E-state index in [0.29, 0.717) is 0 Å². The molecule has 11 heavy (non-hydrogen) atoms. The van der Waals surface area contributed by atoms with Crippen LogP contribution in [0, 0.1) is 0 Å². The van der Waals surface area contributed by atoms with Crippen molar-refractivity contribution in [1.82, 2.24) is 0 Å². The zero-order chi connectivity index (χ0) is 8.54. The maximum absolute atomic E-state index is 5.49. The van der Waals surface area contributed by atoms with Gasteiger partial charge in [-0.05, 0) is 6.92 Å². The van der Waals surface area contributed by atoms with E-state index in [0.717, 1.165) is 19.6 Å². The van der Waals surface area contributed by atoms with Crippen molar-refractivity contribution in [2.45, 2.75) is 36.4 Å². The van der Waals surface area contributed by atoms with Crippen molar-refractivity contribution >= 4 is 22.6 Å². The maximum atomic E-state index is 5.49. The molecule has 1 aliphatic heterocycles. The highest BCUT2D eigenvalue weighted by Crippen LogP contribution is 2.33. The third kappa shape index (κ3) is 3.25. The fraction of sp³-hybridized carbons (Fsp3) is 1.00. The standard InChI is InChI=1S/C8H15IO2/c1-7(2,9)6-8(3)10-4-5-11-8/h4-6H2,1-3H3. The molecule has 0 aromatic rings. The van der Waals surface area contributed by atoms with E-state index in [1.165, 1.54) is 0 Å². The number of ether oxygens (including phenoxy) is 2. The van der Waals surface area contributed by atoms with E-state index in [4.69, 9.17) is 9.47 Å². The molecule has 0 unspecified atom stereocenters. The normalized spacial score (nSPS) is 24.0. The first kappa shape index (κ1) is 9.74. The highest BCUT2D eigenvalue weighted by atomic mass is 127. The summed E-state index contributed by atoms with van der Waals surface area (Å²) in [5.74, 6) is -0.329. The summed E-state index contributed by atoms with van der Waals surface area (Å²) >= 11 is 2.42. The highest BCUT2D eigenvalue weighted by Gasteiger charge is 2.35. The van der Waals surface area contributed by atoms with Gasteiger partial charge < -0.3 is 9.47 Å². The van der Waals surface area contributed by atoms with Crippen LogP contribution in [-0.4, -0.2) is 22.4 Å². The summed E-state index contributed by atoms with van der Waals surface area (Å²) in [4.78, 5) is 0. The van der Waals surface area contributed by atoms with Gasteiger partial charge in [-0.15, -0.1) is 0 Å². The molecule has 1 aliphatic rings. The van der Waals surface area contributed by atoms with Gasteiger partial charge in [-0.1, -0.05) is 36.4 Å². The van der Waals surface area contributed by atoms with E-state index >= 15 is 0 Å². The third-order valence-corrected chi connectivity index (χ3v) is 2.02. The fourth-order valence-electron chi connectivity index (χ4n) is 1.42. The van der Waals surface area contributed by atoms with Crippen LogP contribution >= 0.6 is 22.6 Å². The molecule has 0 aromatic heterocycles. The Morgan fingerprint density at radius 1 is 1.36 bits per heavy atom. The molecule has 2 nitrogen and oxygen atoms in total. The van der Waals surface area contributed by atoms with Crippen molar-refractivity contribution in [3.05, 3.63) is 0 Å². The number of halogens is 1. The van der Waals surface area contributed by atoms with Crippen LogP contribution in [0.25, 0.3) is 0 Å². The van der Waals surface area contributed by atoms with Crippen molar-refractivity contribution in [3.8, 4) is 0 Å². The number of hydrogen-bond donors (Lipinski definition) is 0. The van der Waals surface area contributed by atoms with Gasteiger partial charge in [0.1, 0.15) is 0 Å². The van der Waals surface area contributed by atoms with Crippen LogP contribution in [-0.2, 0) is 9.47 Å². The van der Waals surface area contributed by atoms with Crippen LogP contribution in [0.1, 0.15) is 27.2 Å². The SMILES string of the molecule is CC(C)(I)CC1(C)OCCO1. The first-order valence-corrected chi connectivity index (χ1v) is 4.96. The number of hydrogen-bond acceptors (Lipinski definition) is 2. The van der Waals surface area contributed by atoms with Crippen molar-refractivity contribution in [3.63, 3.8) is 0 Å². The van der Waals surface area contributed by atoms with E-state index in [1.54, 1.807) is 0 Å². The average Bonchev–Trinajstić information content (AvgIpc) is 2.09. The molecule has 1 saturated heterocycles. The summed E-state index contributed by atoms with van der Waals surface area (Å²) in [5, 5.41) is 0. The van der Waals surface area contributed by atoms with Gasteiger partial charge in [0.2, 0.25) is 0 Å². The smallest absolute Gasteiger partial charge is 0.166 e. The molecule has 0 spiro atoms. The van der Waals surface area contributed by atoms with Crippen LogP contribution in [0.4, 0.5) is 0 Å². The van der Waals surface area contributed by atoms with E-state index in [2.05, 4.69) is 36.4 Å². The van der Waals surface area contributed by atoms with E-state index in [1.807, 2.05) is 6.92 Å². The Kier molecular flexibility index (Phi) is 2.82. The molecule has 3 heteroatoms. The highest BCUT2D eigenvalue weighted by molar-refractivity contribution is 14.1. The lowest BCUT2D eigenvalue weighted by Gasteiger charge is -2.28. The summed E-state index contributed by atoms with van der Waals surface area (Å²) in [6.45, 7) is 7.86. The van der Waals surface area contributed by atoms with E-state index in [9.17, 15) is 0 Å². The summed E-state index contributed by atoms with van der Waals surface area (Å²) in [7, 11) is 0. The quantitative estimate of drug-likeness (QED) is 0.566. The third-order valence-electron chi connectivity index (χ3n) is 1.64. The van der Waals surface area contributed by atoms with Crippen LogP contribution in [0.5, 0.6) is 0 Å². The molecule has 0 atom stereocenters. The van der Waals surface area contributed by atoms with Crippen molar-refractivity contribution in [2.24, 2.45) is 0 Å². The molecule has 0 N–H and O–H groups in total. The van der Waals surface area contributed by atoms with Crippen LogP contribution < -0.4 is 0 Å². The molecule has 1 rings (SSSR count). The lowest BCUT2D eigenvalue weighted by Crippen LogP contribution is -2.32. The topological polar surface area (TPSA) is 18.5 Å². The number of alkyl halides is 1. The van der Waals surface area contributed by atoms with Crippen LogP contribution in [0.3, 0.4) is 0 Å². The van der Waals surface area contributed by atoms with Gasteiger partial charge in [-0.3, -0.25) is 0 Å². The molecule has 0 aliphatic carbocycles. The Morgan fingerprint density at radius 2 is 1.82 bits per heavy atom. The van der Waals surface area contributed by atoms with Crippen molar-refractivity contribution in [2.75, 3.05) is 13.2 Å². The Bertz CT molecular complexity index is 134. The molecule has 0 saturated carbocycles. The summed E-state index contributed by atoms with van der Waals surface area (Å²) in [5.41, 5.74) is 0. The Balaban J connectivity index is 2.46. The van der Waals surface area contributed by atoms with Crippen molar-refractivity contribution in [1.29, 1.82) is 0 Å². The molecular weight excluding hydrogens is 255 g/mol. The zero-order valence-corrected chi connectivity index (χ0v) is 9.47.